The minimum atomic E-state index is -1.17. The molecule has 12 heteroatoms. The number of carboxylic acids is 1. The number of rotatable bonds is 9. The van der Waals surface area contributed by atoms with E-state index in [1.807, 2.05) is 6.07 Å². The molecule has 0 saturated carbocycles. The zero-order chi connectivity index (χ0) is 28.4. The van der Waals surface area contributed by atoms with E-state index in [0.717, 1.165) is 4.68 Å². The summed E-state index contributed by atoms with van der Waals surface area (Å²) in [6.07, 6.45) is 1.41. The Morgan fingerprint density at radius 3 is 2.70 bits per heavy atom. The number of hydrogen-bond donors (Lipinski definition) is 1. The number of aliphatic carboxylic acids is 1. The standard InChI is InChI=1S/C28H21BrClN3O7/c1-3-38-21-11-15(24(29)25(30)26(21)39-14-23(34)35)13-31-33-27(32-18-8-5-4-7-16(18)28(33)36)22-12-17-19(37-2)9-6-10-20(17)40-22/h4-13H,3,14H2,1-2H3,(H,34,35). The molecule has 0 saturated heterocycles. The largest absolute Gasteiger partial charge is 0.496 e. The Hall–Kier alpha value is -4.35. The second kappa shape index (κ2) is 11.4. The van der Waals surface area contributed by atoms with Crippen LogP contribution in [-0.4, -0.2) is 47.3 Å². The number of fused-ring (bicyclic) bond motifs is 2. The van der Waals surface area contributed by atoms with E-state index in [1.165, 1.54) is 6.21 Å². The Morgan fingerprint density at radius 2 is 1.95 bits per heavy atom. The summed E-state index contributed by atoms with van der Waals surface area (Å²) in [5.41, 5.74) is 1.05. The number of aromatic nitrogens is 2. The molecule has 5 aromatic rings. The highest BCUT2D eigenvalue weighted by molar-refractivity contribution is 9.10. The third kappa shape index (κ3) is 5.13. The quantitative estimate of drug-likeness (QED) is 0.198. The van der Waals surface area contributed by atoms with Gasteiger partial charge in [0.05, 0.1) is 36.2 Å². The number of carboxylic acid groups (broad SMARTS) is 1. The van der Waals surface area contributed by atoms with Crippen LogP contribution in [0.4, 0.5) is 0 Å². The van der Waals surface area contributed by atoms with Gasteiger partial charge >= 0.3 is 5.97 Å². The summed E-state index contributed by atoms with van der Waals surface area (Å²) >= 11 is 9.92. The Balaban J connectivity index is 1.68. The van der Waals surface area contributed by atoms with E-state index in [-0.39, 0.29) is 29.0 Å². The molecule has 40 heavy (non-hydrogen) atoms. The predicted octanol–water partition coefficient (Wildman–Crippen LogP) is 5.98. The Morgan fingerprint density at radius 1 is 1.15 bits per heavy atom. The van der Waals surface area contributed by atoms with Gasteiger partial charge in [0, 0.05) is 10.0 Å². The van der Waals surface area contributed by atoms with Crippen molar-refractivity contribution < 1.29 is 28.5 Å². The number of ether oxygens (including phenoxy) is 3. The molecule has 0 unspecified atom stereocenters. The minimum Gasteiger partial charge on any atom is -0.496 e. The van der Waals surface area contributed by atoms with E-state index in [0.29, 0.717) is 43.4 Å². The molecule has 0 atom stereocenters. The van der Waals surface area contributed by atoms with Crippen LogP contribution in [0.1, 0.15) is 12.5 Å². The smallest absolute Gasteiger partial charge is 0.341 e. The highest BCUT2D eigenvalue weighted by Crippen LogP contribution is 2.42. The Kier molecular flexibility index (Phi) is 7.76. The maximum Gasteiger partial charge on any atom is 0.341 e. The zero-order valence-corrected chi connectivity index (χ0v) is 23.5. The maximum atomic E-state index is 13.6. The van der Waals surface area contributed by atoms with Crippen LogP contribution in [0, 0.1) is 0 Å². The number of para-hydroxylation sites is 1. The number of nitrogens with zero attached hydrogens (tertiary/aromatic N) is 3. The second-order valence-electron chi connectivity index (χ2n) is 8.33. The van der Waals surface area contributed by atoms with Gasteiger partial charge < -0.3 is 23.7 Å². The van der Waals surface area contributed by atoms with Crippen LogP contribution in [0.25, 0.3) is 33.5 Å². The van der Waals surface area contributed by atoms with E-state index >= 15 is 0 Å². The predicted molar refractivity (Wildman–Crippen MR) is 154 cm³/mol. The van der Waals surface area contributed by atoms with Gasteiger partial charge in [-0.2, -0.15) is 9.78 Å². The summed E-state index contributed by atoms with van der Waals surface area (Å²) < 4.78 is 24.0. The van der Waals surface area contributed by atoms with Crippen molar-refractivity contribution >= 4 is 61.6 Å². The van der Waals surface area contributed by atoms with Gasteiger partial charge in [0.25, 0.3) is 5.56 Å². The van der Waals surface area contributed by atoms with Gasteiger partial charge in [-0.25, -0.2) is 9.78 Å². The molecule has 0 aliphatic carbocycles. The molecule has 0 amide bonds. The molecular formula is C28H21BrClN3O7. The molecule has 2 aromatic heterocycles. The molecule has 0 aliphatic heterocycles. The van der Waals surface area contributed by atoms with Gasteiger partial charge in [0.2, 0.25) is 5.82 Å². The second-order valence-corrected chi connectivity index (χ2v) is 9.50. The van der Waals surface area contributed by atoms with Crippen molar-refractivity contribution in [1.82, 2.24) is 9.66 Å². The summed E-state index contributed by atoms with van der Waals surface area (Å²) in [5, 5.41) is 14.7. The van der Waals surface area contributed by atoms with Crippen LogP contribution >= 0.6 is 27.5 Å². The monoisotopic (exact) mass is 625 g/mol. The van der Waals surface area contributed by atoms with Crippen molar-refractivity contribution in [2.24, 2.45) is 5.10 Å². The number of benzene rings is 3. The molecule has 1 N–H and O–H groups in total. The van der Waals surface area contributed by atoms with E-state index in [2.05, 4.69) is 26.0 Å². The number of furan rings is 1. The lowest BCUT2D eigenvalue weighted by Gasteiger charge is -2.15. The van der Waals surface area contributed by atoms with Crippen LogP contribution in [0.5, 0.6) is 17.2 Å². The molecule has 0 radical (unpaired) electrons. The van der Waals surface area contributed by atoms with Gasteiger partial charge in [-0.1, -0.05) is 29.8 Å². The summed E-state index contributed by atoms with van der Waals surface area (Å²) in [4.78, 5) is 29.3. The molecule has 0 bridgehead atoms. The van der Waals surface area contributed by atoms with Gasteiger partial charge in [0.15, 0.2) is 23.9 Å². The third-order valence-corrected chi connectivity index (χ3v) is 7.27. The topological polar surface area (TPSA) is 125 Å². The summed E-state index contributed by atoms with van der Waals surface area (Å²) in [6.45, 7) is 1.43. The normalized spacial score (nSPS) is 11.4. The van der Waals surface area contributed by atoms with Gasteiger partial charge in [-0.15, -0.1) is 0 Å². The molecule has 2 heterocycles. The number of halogens is 2. The summed E-state index contributed by atoms with van der Waals surface area (Å²) in [7, 11) is 1.56. The van der Waals surface area contributed by atoms with Crippen LogP contribution in [0.3, 0.4) is 0 Å². The van der Waals surface area contributed by atoms with E-state index in [4.69, 9.17) is 35.3 Å². The molecule has 0 aliphatic rings. The molecule has 204 valence electrons. The van der Waals surface area contributed by atoms with E-state index in [9.17, 15) is 9.59 Å². The van der Waals surface area contributed by atoms with Gasteiger partial charge in [0.1, 0.15) is 16.4 Å². The highest BCUT2D eigenvalue weighted by Gasteiger charge is 2.20. The molecule has 10 nitrogen and oxygen atoms in total. The van der Waals surface area contributed by atoms with Crippen molar-refractivity contribution in [1.29, 1.82) is 0 Å². The average Bonchev–Trinajstić information content (AvgIpc) is 3.39. The SMILES string of the molecule is CCOc1cc(C=Nn2c(-c3cc4c(OC)cccc4o3)nc3ccccc3c2=O)c(Br)c(Cl)c1OCC(=O)O. The van der Waals surface area contributed by atoms with E-state index < -0.39 is 18.1 Å². The lowest BCUT2D eigenvalue weighted by molar-refractivity contribution is -0.139. The molecule has 0 spiro atoms. The number of carbonyl (C=O) groups is 1. The first-order chi connectivity index (χ1) is 19.3. The van der Waals surface area contributed by atoms with Gasteiger partial charge in [-0.05, 0) is 59.3 Å². The van der Waals surface area contributed by atoms with Gasteiger partial charge in [-0.3, -0.25) is 4.79 Å². The number of methoxy groups -OCH3 is 1. The van der Waals surface area contributed by atoms with Crippen LogP contribution in [-0.2, 0) is 4.79 Å². The minimum absolute atomic E-state index is 0.0661. The fourth-order valence-electron chi connectivity index (χ4n) is 4.06. The molecule has 3 aromatic carbocycles. The fourth-order valence-corrected chi connectivity index (χ4v) is 4.72. The first-order valence-corrected chi connectivity index (χ1v) is 13.1. The third-order valence-electron chi connectivity index (χ3n) is 5.82. The van der Waals surface area contributed by atoms with Crippen LogP contribution in [0.15, 0.2) is 73.4 Å². The summed E-state index contributed by atoms with van der Waals surface area (Å²) in [6, 6.07) is 15.6. The lowest BCUT2D eigenvalue weighted by atomic mass is 10.2. The maximum absolute atomic E-state index is 13.6. The Labute approximate surface area is 240 Å². The van der Waals surface area contributed by atoms with Crippen LogP contribution < -0.4 is 19.8 Å². The highest BCUT2D eigenvalue weighted by atomic mass is 79.9. The van der Waals surface area contributed by atoms with Crippen molar-refractivity contribution in [3.8, 4) is 28.8 Å². The molecule has 0 fully saturated rings. The van der Waals surface area contributed by atoms with Crippen molar-refractivity contribution in [3.63, 3.8) is 0 Å². The van der Waals surface area contributed by atoms with Crippen molar-refractivity contribution in [2.45, 2.75) is 6.92 Å². The van der Waals surface area contributed by atoms with Crippen LogP contribution in [0.2, 0.25) is 5.02 Å². The average molecular weight is 627 g/mol. The lowest BCUT2D eigenvalue weighted by Crippen LogP contribution is -2.20. The summed E-state index contributed by atoms with van der Waals surface area (Å²) in [5.74, 6) is 0.205. The Bertz CT molecular complexity index is 1850. The van der Waals surface area contributed by atoms with Crippen molar-refractivity contribution in [2.75, 3.05) is 20.3 Å². The number of hydrogen-bond acceptors (Lipinski definition) is 8. The van der Waals surface area contributed by atoms with E-state index in [1.54, 1.807) is 62.6 Å². The fraction of sp³-hybridized carbons (Fsp3) is 0.143. The van der Waals surface area contributed by atoms with Crippen molar-refractivity contribution in [3.05, 3.63) is 80.0 Å². The first kappa shape index (κ1) is 27.2. The molecular weight excluding hydrogens is 606 g/mol. The first-order valence-electron chi connectivity index (χ1n) is 11.9. The zero-order valence-electron chi connectivity index (χ0n) is 21.2. The molecule has 5 rings (SSSR count).